The molecule has 3 aromatic rings. The van der Waals surface area contributed by atoms with Gasteiger partial charge in [-0.15, -0.1) is 0 Å². The fourth-order valence-corrected chi connectivity index (χ4v) is 3.77. The second-order valence-electron chi connectivity index (χ2n) is 7.91. The predicted octanol–water partition coefficient (Wildman–Crippen LogP) is 4.60. The summed E-state index contributed by atoms with van der Waals surface area (Å²) in [6.07, 6.45) is 0. The van der Waals surface area contributed by atoms with Crippen LogP contribution >= 0.6 is 0 Å². The highest BCUT2D eigenvalue weighted by atomic mass is 19.1. The van der Waals surface area contributed by atoms with Crippen molar-refractivity contribution in [2.24, 2.45) is 0 Å². The number of para-hydroxylation sites is 1. The molecule has 5 nitrogen and oxygen atoms in total. The highest BCUT2D eigenvalue weighted by Gasteiger charge is 2.45. The molecule has 144 valence electrons. The maximum Gasteiger partial charge on any atom is 0.280 e. The smallest absolute Gasteiger partial charge is 0.280 e. The number of H-pyrrole nitrogens is 1. The Morgan fingerprint density at radius 2 is 1.79 bits per heavy atom. The van der Waals surface area contributed by atoms with E-state index >= 15 is 0 Å². The van der Waals surface area contributed by atoms with Crippen LogP contribution in [0.4, 0.5) is 10.1 Å². The van der Waals surface area contributed by atoms with Gasteiger partial charge in [-0.25, -0.2) is 4.39 Å². The van der Waals surface area contributed by atoms with Gasteiger partial charge in [0.2, 0.25) is 0 Å². The zero-order valence-corrected chi connectivity index (χ0v) is 16.3. The number of hydrogen-bond acceptors (Lipinski definition) is 3. The minimum atomic E-state index is -0.419. The van der Waals surface area contributed by atoms with Gasteiger partial charge in [-0.3, -0.25) is 14.8 Å². The first-order valence-electron chi connectivity index (χ1n) is 9.13. The van der Waals surface area contributed by atoms with Crippen LogP contribution in [-0.2, 0) is 5.41 Å². The zero-order valence-electron chi connectivity index (χ0n) is 16.3. The Morgan fingerprint density at radius 3 is 2.43 bits per heavy atom. The number of hydrogen-bond donors (Lipinski definition) is 1. The lowest BCUT2D eigenvalue weighted by Crippen LogP contribution is -2.30. The number of aromatic nitrogens is 2. The molecule has 0 unspecified atom stereocenters. The van der Waals surface area contributed by atoms with Gasteiger partial charge in [0.05, 0.1) is 13.2 Å². The van der Waals surface area contributed by atoms with Gasteiger partial charge in [0.15, 0.2) is 5.69 Å². The SMILES string of the molecule is COc1ccccc1[C@@H]1c2c(n[nH]c2C(C)(C)C)C(=O)N1c1ccc(F)cc1. The van der Waals surface area contributed by atoms with E-state index in [2.05, 4.69) is 31.0 Å². The van der Waals surface area contributed by atoms with Gasteiger partial charge >= 0.3 is 0 Å². The lowest BCUT2D eigenvalue weighted by Gasteiger charge is -2.29. The number of aromatic amines is 1. The second kappa shape index (κ2) is 6.48. The summed E-state index contributed by atoms with van der Waals surface area (Å²) in [5.74, 6) is 0.114. The van der Waals surface area contributed by atoms with Crippen molar-refractivity contribution in [3.63, 3.8) is 0 Å². The Labute approximate surface area is 163 Å². The molecule has 0 fully saturated rings. The number of carbonyl (C=O) groups is 1. The molecule has 28 heavy (non-hydrogen) atoms. The minimum Gasteiger partial charge on any atom is -0.496 e. The van der Waals surface area contributed by atoms with Crippen LogP contribution in [0.1, 0.15) is 54.1 Å². The topological polar surface area (TPSA) is 58.2 Å². The molecule has 2 aromatic carbocycles. The third-order valence-corrected chi connectivity index (χ3v) is 5.05. The van der Waals surface area contributed by atoms with E-state index in [1.807, 2.05) is 24.3 Å². The summed E-state index contributed by atoms with van der Waals surface area (Å²) in [6, 6.07) is 13.1. The van der Waals surface area contributed by atoms with Crippen LogP contribution in [0.3, 0.4) is 0 Å². The van der Waals surface area contributed by atoms with E-state index < -0.39 is 6.04 Å². The van der Waals surface area contributed by atoms with E-state index in [9.17, 15) is 9.18 Å². The number of fused-ring (bicyclic) bond motifs is 1. The highest BCUT2D eigenvalue weighted by Crippen LogP contribution is 2.47. The molecule has 1 N–H and O–H groups in total. The summed E-state index contributed by atoms with van der Waals surface area (Å²) >= 11 is 0. The lowest BCUT2D eigenvalue weighted by atomic mass is 9.85. The van der Waals surface area contributed by atoms with Gasteiger partial charge < -0.3 is 4.74 Å². The molecule has 0 saturated heterocycles. The van der Waals surface area contributed by atoms with Crippen molar-refractivity contribution in [1.29, 1.82) is 0 Å². The Morgan fingerprint density at radius 1 is 1.11 bits per heavy atom. The summed E-state index contributed by atoms with van der Waals surface area (Å²) in [5, 5.41) is 7.40. The number of nitrogens with zero attached hydrogens (tertiary/aromatic N) is 2. The van der Waals surface area contributed by atoms with E-state index in [4.69, 9.17) is 4.74 Å². The van der Waals surface area contributed by atoms with Crippen LogP contribution in [0.15, 0.2) is 48.5 Å². The number of anilines is 1. The third-order valence-electron chi connectivity index (χ3n) is 5.05. The van der Waals surface area contributed by atoms with Gasteiger partial charge in [0.1, 0.15) is 11.6 Å². The summed E-state index contributed by atoms with van der Waals surface area (Å²) in [6.45, 7) is 6.22. The molecule has 0 saturated carbocycles. The minimum absolute atomic E-state index is 0.218. The molecule has 4 rings (SSSR count). The van der Waals surface area contributed by atoms with E-state index in [-0.39, 0.29) is 17.1 Å². The normalized spacial score (nSPS) is 16.4. The third kappa shape index (κ3) is 2.76. The van der Waals surface area contributed by atoms with Crippen molar-refractivity contribution in [2.75, 3.05) is 12.0 Å². The molecule has 0 bridgehead atoms. The Hall–Kier alpha value is -3.15. The van der Waals surface area contributed by atoms with Crippen molar-refractivity contribution < 1.29 is 13.9 Å². The number of carbonyl (C=O) groups excluding carboxylic acids is 1. The molecular weight excluding hydrogens is 357 g/mol. The molecule has 0 spiro atoms. The fraction of sp³-hybridized carbons (Fsp3) is 0.273. The molecule has 1 aromatic heterocycles. The molecule has 1 aliphatic heterocycles. The van der Waals surface area contributed by atoms with E-state index in [1.54, 1.807) is 24.1 Å². The van der Waals surface area contributed by atoms with Crippen molar-refractivity contribution in [2.45, 2.75) is 32.2 Å². The number of ether oxygens (including phenoxy) is 1. The van der Waals surface area contributed by atoms with Crippen molar-refractivity contribution in [1.82, 2.24) is 10.2 Å². The molecule has 1 amide bonds. The van der Waals surface area contributed by atoms with Gasteiger partial charge in [0, 0.05) is 27.9 Å². The fourth-order valence-electron chi connectivity index (χ4n) is 3.77. The lowest BCUT2D eigenvalue weighted by molar-refractivity contribution is 0.0988. The van der Waals surface area contributed by atoms with Crippen LogP contribution in [0.25, 0.3) is 0 Å². The van der Waals surface area contributed by atoms with E-state index in [0.717, 1.165) is 16.8 Å². The van der Waals surface area contributed by atoms with E-state index in [0.29, 0.717) is 17.1 Å². The molecule has 6 heteroatoms. The Bertz CT molecular complexity index is 1030. The van der Waals surface area contributed by atoms with Gasteiger partial charge in [-0.1, -0.05) is 39.0 Å². The van der Waals surface area contributed by atoms with E-state index in [1.165, 1.54) is 12.1 Å². The van der Waals surface area contributed by atoms with Crippen LogP contribution in [0, 0.1) is 5.82 Å². The first-order valence-corrected chi connectivity index (χ1v) is 9.13. The Balaban J connectivity index is 1.98. The van der Waals surface area contributed by atoms with Crippen molar-refractivity contribution in [3.8, 4) is 5.75 Å². The number of rotatable bonds is 3. The van der Waals surface area contributed by atoms with Crippen molar-refractivity contribution in [3.05, 3.63) is 76.9 Å². The average Bonchev–Trinajstić information content (AvgIpc) is 3.22. The van der Waals surface area contributed by atoms with Crippen LogP contribution in [0.5, 0.6) is 5.75 Å². The monoisotopic (exact) mass is 379 g/mol. The Kier molecular flexibility index (Phi) is 4.22. The highest BCUT2D eigenvalue weighted by molar-refractivity contribution is 6.10. The largest absolute Gasteiger partial charge is 0.496 e. The number of methoxy groups -OCH3 is 1. The first-order chi connectivity index (χ1) is 13.3. The number of amides is 1. The maximum atomic E-state index is 13.5. The summed E-state index contributed by atoms with van der Waals surface area (Å²) in [4.78, 5) is 15.0. The predicted molar refractivity (Wildman–Crippen MR) is 105 cm³/mol. The molecule has 1 atom stereocenters. The van der Waals surface area contributed by atoms with Gasteiger partial charge in [0.25, 0.3) is 5.91 Å². The molecule has 1 aliphatic rings. The van der Waals surface area contributed by atoms with Crippen LogP contribution in [0.2, 0.25) is 0 Å². The zero-order chi connectivity index (χ0) is 20.1. The second-order valence-corrected chi connectivity index (χ2v) is 7.91. The molecule has 2 heterocycles. The van der Waals surface area contributed by atoms with Crippen LogP contribution < -0.4 is 9.64 Å². The van der Waals surface area contributed by atoms with Crippen molar-refractivity contribution >= 4 is 11.6 Å². The van der Waals surface area contributed by atoms with Crippen LogP contribution in [-0.4, -0.2) is 23.2 Å². The van der Waals surface area contributed by atoms with Gasteiger partial charge in [-0.05, 0) is 30.3 Å². The molecule has 0 aliphatic carbocycles. The van der Waals surface area contributed by atoms with Gasteiger partial charge in [-0.2, -0.15) is 5.10 Å². The summed E-state index contributed by atoms with van der Waals surface area (Å²) in [5.41, 5.74) is 3.36. The summed E-state index contributed by atoms with van der Waals surface area (Å²) < 4.78 is 19.1. The average molecular weight is 379 g/mol. The number of halogens is 1. The summed E-state index contributed by atoms with van der Waals surface area (Å²) in [7, 11) is 1.61. The molecular formula is C22H22FN3O2. The number of benzene rings is 2. The quantitative estimate of drug-likeness (QED) is 0.723. The number of nitrogens with one attached hydrogen (secondary N) is 1. The standard InChI is InChI=1S/C22H22FN3O2/c1-22(2,3)20-17-18(24-25-20)21(27)26(14-11-9-13(23)10-12-14)19(17)15-7-5-6-8-16(15)28-4/h5-12,19H,1-4H3,(H,24,25)/t19-/m1/s1. The maximum absolute atomic E-state index is 13.5. The first kappa shape index (κ1) is 18.2. The molecule has 0 radical (unpaired) electrons.